The largest absolute Gasteiger partial charge is 0.497 e. The van der Waals surface area contributed by atoms with Gasteiger partial charge < -0.3 is 10.1 Å². The smallest absolute Gasteiger partial charge is 0.221 e. The Bertz CT molecular complexity index is 413. The van der Waals surface area contributed by atoms with Crippen LogP contribution >= 0.6 is 0 Å². The molecule has 0 fully saturated rings. The molecule has 0 unspecified atom stereocenters. The number of ketones is 1. The van der Waals surface area contributed by atoms with Gasteiger partial charge in [0.2, 0.25) is 5.91 Å². The Morgan fingerprint density at radius 2 is 2.06 bits per heavy atom. The molecule has 1 amide bonds. The molecule has 0 aliphatic carbocycles. The van der Waals surface area contributed by atoms with Gasteiger partial charge in [0.1, 0.15) is 5.75 Å². The first kappa shape index (κ1) is 12.2. The number of carbonyl (C=O) groups excluding carboxylic acids is 2. The van der Waals surface area contributed by atoms with Crippen LogP contribution in [0.15, 0.2) is 18.2 Å². The van der Waals surface area contributed by atoms with Gasteiger partial charge in [0.15, 0.2) is 5.78 Å². The molecular weight excluding hydrogens is 206 g/mol. The first-order chi connectivity index (χ1) is 7.58. The van der Waals surface area contributed by atoms with E-state index in [9.17, 15) is 9.59 Å². The monoisotopic (exact) mass is 221 g/mol. The molecule has 0 aliphatic rings. The van der Waals surface area contributed by atoms with Crippen LogP contribution in [-0.4, -0.2) is 18.8 Å². The molecule has 0 aliphatic heterocycles. The van der Waals surface area contributed by atoms with Crippen molar-refractivity contribution in [1.29, 1.82) is 0 Å². The van der Waals surface area contributed by atoms with Gasteiger partial charge in [-0.25, -0.2) is 0 Å². The van der Waals surface area contributed by atoms with Crippen molar-refractivity contribution in [3.63, 3.8) is 0 Å². The summed E-state index contributed by atoms with van der Waals surface area (Å²) in [5.41, 5.74) is 1.01. The van der Waals surface area contributed by atoms with Crippen molar-refractivity contribution in [3.05, 3.63) is 23.8 Å². The van der Waals surface area contributed by atoms with Gasteiger partial charge in [0, 0.05) is 25.0 Å². The number of Topliss-reactive ketones (excluding diaryl/α,β-unsaturated/α-hetero) is 1. The van der Waals surface area contributed by atoms with Crippen LogP contribution in [0, 0.1) is 0 Å². The summed E-state index contributed by atoms with van der Waals surface area (Å²) in [4.78, 5) is 22.6. The van der Waals surface area contributed by atoms with Crippen LogP contribution < -0.4 is 10.1 Å². The molecule has 86 valence electrons. The summed E-state index contributed by atoms with van der Waals surface area (Å²) in [6, 6.07) is 5.01. The maximum Gasteiger partial charge on any atom is 0.221 e. The Kier molecular flexibility index (Phi) is 4.05. The standard InChI is InChI=1S/C12H15NO3/c1-4-12(15)10-6-5-9(16-3)7-11(10)13-8(2)14/h5-7H,4H2,1-3H3,(H,13,14). The van der Waals surface area contributed by atoms with Crippen LogP contribution in [0.25, 0.3) is 0 Å². The third-order valence-electron chi connectivity index (χ3n) is 2.16. The van der Waals surface area contributed by atoms with Crippen molar-refractivity contribution in [2.45, 2.75) is 20.3 Å². The van der Waals surface area contributed by atoms with Crippen molar-refractivity contribution < 1.29 is 14.3 Å². The number of hydrogen-bond donors (Lipinski definition) is 1. The predicted molar refractivity (Wildman–Crippen MR) is 61.9 cm³/mol. The molecule has 4 nitrogen and oxygen atoms in total. The minimum absolute atomic E-state index is 0.00796. The van der Waals surface area contributed by atoms with Gasteiger partial charge in [0.25, 0.3) is 0 Å². The molecule has 4 heteroatoms. The second kappa shape index (κ2) is 5.30. The molecule has 16 heavy (non-hydrogen) atoms. The maximum atomic E-state index is 11.6. The summed E-state index contributed by atoms with van der Waals surface area (Å²) in [7, 11) is 1.54. The van der Waals surface area contributed by atoms with E-state index in [0.717, 1.165) is 0 Å². The lowest BCUT2D eigenvalue weighted by molar-refractivity contribution is -0.114. The second-order valence-corrected chi connectivity index (χ2v) is 3.37. The van der Waals surface area contributed by atoms with Crippen molar-refractivity contribution >= 4 is 17.4 Å². The first-order valence-electron chi connectivity index (χ1n) is 5.07. The van der Waals surface area contributed by atoms with Gasteiger partial charge in [-0.15, -0.1) is 0 Å². The highest BCUT2D eigenvalue weighted by molar-refractivity contribution is 6.04. The molecule has 1 rings (SSSR count). The van der Waals surface area contributed by atoms with Crippen LogP contribution in [0.5, 0.6) is 5.75 Å². The molecule has 1 N–H and O–H groups in total. The summed E-state index contributed by atoms with van der Waals surface area (Å²) in [5, 5.41) is 2.62. The quantitative estimate of drug-likeness (QED) is 0.793. The number of ether oxygens (including phenoxy) is 1. The van der Waals surface area contributed by atoms with Crippen LogP contribution in [0.4, 0.5) is 5.69 Å². The number of nitrogens with one attached hydrogen (secondary N) is 1. The number of methoxy groups -OCH3 is 1. The molecule has 1 aromatic rings. The fraction of sp³-hybridized carbons (Fsp3) is 0.333. The van der Waals surface area contributed by atoms with E-state index < -0.39 is 0 Å². The summed E-state index contributed by atoms with van der Waals surface area (Å²) in [6.45, 7) is 3.18. The molecule has 1 aromatic carbocycles. The minimum Gasteiger partial charge on any atom is -0.497 e. The Labute approximate surface area is 94.6 Å². The highest BCUT2D eigenvalue weighted by Crippen LogP contribution is 2.23. The second-order valence-electron chi connectivity index (χ2n) is 3.37. The van der Waals surface area contributed by atoms with Crippen molar-refractivity contribution in [1.82, 2.24) is 0 Å². The van der Waals surface area contributed by atoms with Crippen molar-refractivity contribution in [2.24, 2.45) is 0 Å². The van der Waals surface area contributed by atoms with Gasteiger partial charge in [-0.3, -0.25) is 9.59 Å². The molecule has 0 aromatic heterocycles. The first-order valence-corrected chi connectivity index (χ1v) is 5.07. The lowest BCUT2D eigenvalue weighted by atomic mass is 10.1. The SMILES string of the molecule is CCC(=O)c1ccc(OC)cc1NC(C)=O. The zero-order chi connectivity index (χ0) is 12.1. The molecule has 0 saturated carbocycles. The summed E-state index contributed by atoms with van der Waals surface area (Å²) >= 11 is 0. The zero-order valence-electron chi connectivity index (χ0n) is 9.66. The van der Waals surface area contributed by atoms with E-state index in [2.05, 4.69) is 5.32 Å². The van der Waals surface area contributed by atoms with Crippen LogP contribution in [0.1, 0.15) is 30.6 Å². The van der Waals surface area contributed by atoms with Crippen LogP contribution in [-0.2, 0) is 4.79 Å². The van der Waals surface area contributed by atoms with E-state index in [-0.39, 0.29) is 11.7 Å². The maximum absolute atomic E-state index is 11.6. The lowest BCUT2D eigenvalue weighted by Gasteiger charge is -2.10. The summed E-state index contributed by atoms with van der Waals surface area (Å²) in [6.07, 6.45) is 0.402. The number of amides is 1. The third-order valence-corrected chi connectivity index (χ3v) is 2.16. The van der Waals surface area contributed by atoms with Gasteiger partial charge in [-0.1, -0.05) is 6.92 Å². The Hall–Kier alpha value is -1.84. The van der Waals surface area contributed by atoms with E-state index >= 15 is 0 Å². The predicted octanol–water partition coefficient (Wildman–Crippen LogP) is 2.25. The average Bonchev–Trinajstić information content (AvgIpc) is 2.27. The van der Waals surface area contributed by atoms with Gasteiger partial charge in [-0.05, 0) is 12.1 Å². The highest BCUT2D eigenvalue weighted by Gasteiger charge is 2.11. The number of carbonyl (C=O) groups is 2. The van der Waals surface area contributed by atoms with E-state index in [1.807, 2.05) is 0 Å². The van der Waals surface area contributed by atoms with Gasteiger partial charge >= 0.3 is 0 Å². The van der Waals surface area contributed by atoms with E-state index in [1.165, 1.54) is 14.0 Å². The van der Waals surface area contributed by atoms with Crippen molar-refractivity contribution in [3.8, 4) is 5.75 Å². The molecule has 0 radical (unpaired) electrons. The molecule has 0 atom stereocenters. The molecular formula is C12H15NO3. The van der Waals surface area contributed by atoms with E-state index in [1.54, 1.807) is 25.1 Å². The zero-order valence-corrected chi connectivity index (χ0v) is 9.66. The fourth-order valence-electron chi connectivity index (χ4n) is 1.38. The highest BCUT2D eigenvalue weighted by atomic mass is 16.5. The van der Waals surface area contributed by atoms with Gasteiger partial charge in [0.05, 0.1) is 12.8 Å². The fourth-order valence-corrected chi connectivity index (χ4v) is 1.38. The molecule has 0 heterocycles. The average molecular weight is 221 g/mol. The van der Waals surface area contributed by atoms with Crippen LogP contribution in [0.3, 0.4) is 0 Å². The Morgan fingerprint density at radius 3 is 2.56 bits per heavy atom. The molecule has 0 bridgehead atoms. The van der Waals surface area contributed by atoms with E-state index in [4.69, 9.17) is 4.74 Å². The molecule has 0 saturated heterocycles. The van der Waals surface area contributed by atoms with E-state index in [0.29, 0.717) is 23.4 Å². The number of hydrogen-bond acceptors (Lipinski definition) is 3. The summed E-state index contributed by atoms with van der Waals surface area (Å²) in [5.74, 6) is 0.390. The van der Waals surface area contributed by atoms with Gasteiger partial charge in [-0.2, -0.15) is 0 Å². The van der Waals surface area contributed by atoms with Crippen molar-refractivity contribution in [2.75, 3.05) is 12.4 Å². The topological polar surface area (TPSA) is 55.4 Å². The number of benzene rings is 1. The van der Waals surface area contributed by atoms with Crippen LogP contribution in [0.2, 0.25) is 0 Å². The molecule has 0 spiro atoms. The Balaban J connectivity index is 3.15. The Morgan fingerprint density at radius 1 is 1.38 bits per heavy atom. The third kappa shape index (κ3) is 2.82. The normalized spacial score (nSPS) is 9.69. The minimum atomic E-state index is -0.210. The summed E-state index contributed by atoms with van der Waals surface area (Å²) < 4.78 is 5.04. The number of rotatable bonds is 4. The lowest BCUT2D eigenvalue weighted by Crippen LogP contribution is -2.10. The number of anilines is 1.